The summed E-state index contributed by atoms with van der Waals surface area (Å²) in [5.41, 5.74) is 1.08. The monoisotopic (exact) mass is 237 g/mol. The van der Waals surface area contributed by atoms with Crippen molar-refractivity contribution in [1.82, 2.24) is 14.5 Å². The van der Waals surface area contributed by atoms with E-state index in [9.17, 15) is 4.79 Å². The molecule has 1 aromatic heterocycles. The molecule has 1 amide bonds. The van der Waals surface area contributed by atoms with Gasteiger partial charge in [-0.15, -0.1) is 0 Å². The maximum Gasteiger partial charge on any atom is 0.290 e. The molecular formula is C12H19N3O2. The Morgan fingerprint density at radius 1 is 1.53 bits per heavy atom. The zero-order chi connectivity index (χ0) is 12.6. The Bertz CT molecular complexity index is 419. The summed E-state index contributed by atoms with van der Waals surface area (Å²) < 4.78 is 7.04. The Balaban J connectivity index is 2.10. The Kier molecular flexibility index (Phi) is 3.19. The normalized spacial score (nSPS) is 16.4. The Hall–Kier alpha value is -1.36. The average Bonchev–Trinajstić information content (AvgIpc) is 2.58. The molecule has 2 heterocycles. The van der Waals surface area contributed by atoms with Gasteiger partial charge in [-0.1, -0.05) is 13.8 Å². The van der Waals surface area contributed by atoms with Crippen molar-refractivity contribution in [3.63, 3.8) is 0 Å². The number of ether oxygens (including phenoxy) is 1. The van der Waals surface area contributed by atoms with Crippen LogP contribution in [0.15, 0.2) is 6.20 Å². The first-order valence-electron chi connectivity index (χ1n) is 5.88. The van der Waals surface area contributed by atoms with Crippen molar-refractivity contribution < 1.29 is 9.53 Å². The molecule has 1 aliphatic rings. The van der Waals surface area contributed by atoms with E-state index in [2.05, 4.69) is 18.8 Å². The molecule has 0 aromatic carbocycles. The number of carbonyl (C=O) groups excluding carboxylic acids is 1. The van der Waals surface area contributed by atoms with E-state index in [-0.39, 0.29) is 12.0 Å². The Labute approximate surface area is 101 Å². The van der Waals surface area contributed by atoms with Crippen molar-refractivity contribution in [2.45, 2.75) is 25.9 Å². The van der Waals surface area contributed by atoms with Gasteiger partial charge in [-0.2, -0.15) is 0 Å². The summed E-state index contributed by atoms with van der Waals surface area (Å²) in [4.78, 5) is 18.1. The van der Waals surface area contributed by atoms with Crippen LogP contribution < -0.4 is 0 Å². The second kappa shape index (κ2) is 4.49. The highest BCUT2D eigenvalue weighted by molar-refractivity contribution is 5.91. The molecule has 2 rings (SSSR count). The topological polar surface area (TPSA) is 47.4 Å². The number of rotatable bonds is 3. The lowest BCUT2D eigenvalue weighted by molar-refractivity contribution is -0.0199. The van der Waals surface area contributed by atoms with E-state index in [1.165, 1.54) is 0 Å². The van der Waals surface area contributed by atoms with Crippen LogP contribution >= 0.6 is 0 Å². The molecule has 0 atom stereocenters. The molecular weight excluding hydrogens is 218 g/mol. The molecule has 1 aromatic rings. The van der Waals surface area contributed by atoms with Crippen molar-refractivity contribution >= 4 is 5.91 Å². The third-order valence-corrected chi connectivity index (χ3v) is 3.28. The molecule has 17 heavy (non-hydrogen) atoms. The van der Waals surface area contributed by atoms with Gasteiger partial charge >= 0.3 is 0 Å². The van der Waals surface area contributed by atoms with E-state index in [0.717, 1.165) is 5.69 Å². The van der Waals surface area contributed by atoms with E-state index in [4.69, 9.17) is 4.74 Å². The largest absolute Gasteiger partial charge is 0.378 e. The van der Waals surface area contributed by atoms with Crippen LogP contribution in [-0.4, -0.2) is 46.7 Å². The van der Waals surface area contributed by atoms with Gasteiger partial charge < -0.3 is 14.2 Å². The first-order valence-corrected chi connectivity index (χ1v) is 5.88. The number of nitrogens with zero attached hydrogens (tertiary/aromatic N) is 3. The molecule has 94 valence electrons. The van der Waals surface area contributed by atoms with Crippen molar-refractivity contribution in [2.75, 3.05) is 20.2 Å². The lowest BCUT2D eigenvalue weighted by Gasteiger charge is -2.37. The van der Waals surface area contributed by atoms with Crippen LogP contribution in [0, 0.1) is 0 Å². The van der Waals surface area contributed by atoms with E-state index in [0.29, 0.717) is 24.8 Å². The lowest BCUT2D eigenvalue weighted by atomic mass is 10.1. The van der Waals surface area contributed by atoms with Gasteiger partial charge in [0.25, 0.3) is 5.91 Å². The summed E-state index contributed by atoms with van der Waals surface area (Å²) in [5.74, 6) is 0.883. The van der Waals surface area contributed by atoms with E-state index >= 15 is 0 Å². The zero-order valence-corrected chi connectivity index (χ0v) is 10.8. The number of imidazole rings is 1. The van der Waals surface area contributed by atoms with Gasteiger partial charge in [0.15, 0.2) is 5.82 Å². The highest BCUT2D eigenvalue weighted by Crippen LogP contribution is 2.18. The quantitative estimate of drug-likeness (QED) is 0.788. The van der Waals surface area contributed by atoms with E-state index < -0.39 is 0 Å². The molecule has 0 unspecified atom stereocenters. The first-order chi connectivity index (χ1) is 8.04. The number of hydrogen-bond donors (Lipinski definition) is 0. The molecule has 0 spiro atoms. The van der Waals surface area contributed by atoms with Crippen LogP contribution in [0.5, 0.6) is 0 Å². The number of likely N-dealkylation sites (tertiary alicyclic amines) is 1. The van der Waals surface area contributed by atoms with Crippen molar-refractivity contribution in [1.29, 1.82) is 0 Å². The van der Waals surface area contributed by atoms with Crippen LogP contribution in [0.25, 0.3) is 0 Å². The number of carbonyl (C=O) groups is 1. The predicted molar refractivity (Wildman–Crippen MR) is 64.0 cm³/mol. The standard InChI is InChI=1S/C12H19N3O2/c1-8(2)10-5-13-11(14(10)3)12(16)15-6-9(7-15)17-4/h5,8-9H,6-7H2,1-4H3. The molecule has 0 aliphatic carbocycles. The molecule has 0 N–H and O–H groups in total. The molecule has 5 nitrogen and oxygen atoms in total. The Morgan fingerprint density at radius 3 is 2.65 bits per heavy atom. The molecule has 5 heteroatoms. The second-order valence-electron chi connectivity index (χ2n) is 4.79. The molecule has 0 bridgehead atoms. The van der Waals surface area contributed by atoms with Crippen LogP contribution in [0.4, 0.5) is 0 Å². The van der Waals surface area contributed by atoms with Gasteiger partial charge in [0.05, 0.1) is 6.10 Å². The zero-order valence-electron chi connectivity index (χ0n) is 10.8. The van der Waals surface area contributed by atoms with Gasteiger partial charge in [-0.05, 0) is 5.92 Å². The molecule has 1 aliphatic heterocycles. The highest BCUT2D eigenvalue weighted by atomic mass is 16.5. The summed E-state index contributed by atoms with van der Waals surface area (Å²) in [6.45, 7) is 5.52. The number of hydrogen-bond acceptors (Lipinski definition) is 3. The minimum Gasteiger partial charge on any atom is -0.378 e. The van der Waals surface area contributed by atoms with E-state index in [1.807, 2.05) is 11.6 Å². The lowest BCUT2D eigenvalue weighted by Crippen LogP contribution is -2.54. The maximum absolute atomic E-state index is 12.1. The number of amides is 1. The smallest absolute Gasteiger partial charge is 0.290 e. The van der Waals surface area contributed by atoms with Gasteiger partial charge in [0.2, 0.25) is 0 Å². The van der Waals surface area contributed by atoms with Crippen molar-refractivity contribution in [2.24, 2.45) is 7.05 Å². The third kappa shape index (κ3) is 2.07. The fourth-order valence-electron chi connectivity index (χ4n) is 2.05. The van der Waals surface area contributed by atoms with Crippen LogP contribution in [0.2, 0.25) is 0 Å². The summed E-state index contributed by atoms with van der Waals surface area (Å²) in [7, 11) is 3.56. The van der Waals surface area contributed by atoms with Gasteiger partial charge in [-0.25, -0.2) is 4.98 Å². The minimum absolute atomic E-state index is 0.00676. The molecule has 0 radical (unpaired) electrons. The van der Waals surface area contributed by atoms with Crippen molar-refractivity contribution in [3.8, 4) is 0 Å². The maximum atomic E-state index is 12.1. The minimum atomic E-state index is -0.00676. The summed E-state index contributed by atoms with van der Waals surface area (Å²) in [6, 6.07) is 0. The number of aromatic nitrogens is 2. The summed E-state index contributed by atoms with van der Waals surface area (Å²) in [6.07, 6.45) is 1.97. The van der Waals surface area contributed by atoms with Crippen LogP contribution in [-0.2, 0) is 11.8 Å². The first kappa shape index (κ1) is 12.1. The molecule has 1 fully saturated rings. The van der Waals surface area contributed by atoms with E-state index in [1.54, 1.807) is 18.2 Å². The molecule has 0 saturated carbocycles. The second-order valence-corrected chi connectivity index (χ2v) is 4.79. The van der Waals surface area contributed by atoms with Gasteiger partial charge in [0, 0.05) is 39.1 Å². The third-order valence-electron chi connectivity index (χ3n) is 3.28. The van der Waals surface area contributed by atoms with Crippen molar-refractivity contribution in [3.05, 3.63) is 17.7 Å². The predicted octanol–water partition coefficient (Wildman–Crippen LogP) is 1.01. The summed E-state index contributed by atoms with van der Waals surface area (Å²) in [5, 5.41) is 0. The fraction of sp³-hybridized carbons (Fsp3) is 0.667. The number of methoxy groups -OCH3 is 1. The van der Waals surface area contributed by atoms with Gasteiger partial charge in [-0.3, -0.25) is 4.79 Å². The SMILES string of the molecule is COC1CN(C(=O)c2ncc(C(C)C)n2C)C1. The average molecular weight is 237 g/mol. The fourth-order valence-corrected chi connectivity index (χ4v) is 2.05. The highest BCUT2D eigenvalue weighted by Gasteiger charge is 2.33. The van der Waals surface area contributed by atoms with Crippen LogP contribution in [0.1, 0.15) is 36.1 Å². The van der Waals surface area contributed by atoms with Gasteiger partial charge in [0.1, 0.15) is 0 Å². The molecule has 1 saturated heterocycles. The van der Waals surface area contributed by atoms with Crippen LogP contribution in [0.3, 0.4) is 0 Å². The Morgan fingerprint density at radius 2 is 2.18 bits per heavy atom. The summed E-state index contributed by atoms with van der Waals surface area (Å²) >= 11 is 0.